The molecule has 10 nitrogen and oxygen atoms in total. The van der Waals surface area contributed by atoms with Gasteiger partial charge in [0, 0.05) is 64.6 Å². The molecule has 0 saturated carbocycles. The second kappa shape index (κ2) is 11.6. The number of H-pyrrole nitrogens is 2. The molecule has 5 heterocycles. The van der Waals surface area contributed by atoms with Gasteiger partial charge in [-0.25, -0.2) is 0 Å². The van der Waals surface area contributed by atoms with Crippen LogP contribution in [-0.2, 0) is 45.4 Å². The summed E-state index contributed by atoms with van der Waals surface area (Å²) < 4.78 is -0.0990. The highest BCUT2D eigenvalue weighted by atomic mass is 32.2. The number of allylic oxidation sites excluding steroid dienone is 1. The summed E-state index contributed by atoms with van der Waals surface area (Å²) in [6.45, 7) is 13.9. The van der Waals surface area contributed by atoms with Crippen molar-refractivity contribution >= 4 is 41.8 Å². The van der Waals surface area contributed by atoms with Crippen LogP contribution in [0.2, 0.25) is 0 Å². The maximum atomic E-state index is 12.7. The highest BCUT2D eigenvalue weighted by Gasteiger charge is 2.87. The van der Waals surface area contributed by atoms with E-state index in [0.717, 1.165) is 56.3 Å². The molecule has 7 N–H and O–H groups in total. The zero-order valence-electron chi connectivity index (χ0n) is 25.9. The van der Waals surface area contributed by atoms with Gasteiger partial charge in [-0.15, -0.1) is 0 Å². The smallest absolute Gasteiger partial charge is 0.303 e. The third-order valence-electron chi connectivity index (χ3n) is 10.1. The fraction of sp³-hybridized carbons (Fsp3) is 0.485. The van der Waals surface area contributed by atoms with Crippen molar-refractivity contribution < 1.29 is 29.7 Å². The molecule has 0 aliphatic carbocycles. The molecular weight excluding hydrogens is 580 g/mol. The van der Waals surface area contributed by atoms with Crippen LogP contribution in [0, 0.1) is 25.7 Å². The standard InChI is InChI=1S/C33H42N4O6S/c1-7-20-16(3)24(36-31(20)43)13-23-17(4)21(9-11-28(38)39)25(34-23)14-26-22(10-12-29(40)41)18(5)27(35-26)15-33-32(8-2,44-33)19(6)30(42)37-33/h7,13-14,16,19,24,34-36,43H,1,8-12,15H2,2-6H3,(H,37,42)(H,38,39)(H,40,41)/p+1/b23-13+,25-14+/t16?,19-,24+,32-,33-/m0/s1. The van der Waals surface area contributed by atoms with E-state index < -0.39 is 11.9 Å². The van der Waals surface area contributed by atoms with E-state index in [1.54, 1.807) is 6.08 Å². The van der Waals surface area contributed by atoms with Gasteiger partial charge in [0.25, 0.3) is 4.87 Å². The summed E-state index contributed by atoms with van der Waals surface area (Å²) >= 11 is 1.22. The Morgan fingerprint density at radius 1 is 1.02 bits per heavy atom. The average molecular weight is 624 g/mol. The van der Waals surface area contributed by atoms with Crippen molar-refractivity contribution in [2.75, 3.05) is 0 Å². The fourth-order valence-corrected chi connectivity index (χ4v) is 9.25. The van der Waals surface area contributed by atoms with Crippen LogP contribution in [0.25, 0.3) is 12.2 Å². The number of aromatic amines is 2. The average Bonchev–Trinajstić information content (AvgIpc) is 3.05. The van der Waals surface area contributed by atoms with Crippen LogP contribution in [-0.4, -0.2) is 58.8 Å². The van der Waals surface area contributed by atoms with E-state index in [4.69, 9.17) is 0 Å². The van der Waals surface area contributed by atoms with Crippen molar-refractivity contribution in [3.63, 3.8) is 0 Å². The van der Waals surface area contributed by atoms with Crippen molar-refractivity contribution in [2.45, 2.75) is 88.8 Å². The number of nitrogens with one attached hydrogen (secondary N) is 4. The van der Waals surface area contributed by atoms with Crippen molar-refractivity contribution in [1.82, 2.24) is 20.6 Å². The van der Waals surface area contributed by atoms with E-state index >= 15 is 0 Å². The van der Waals surface area contributed by atoms with E-state index in [-0.39, 0.29) is 52.1 Å². The highest BCUT2D eigenvalue weighted by molar-refractivity contribution is 7.90. The number of hydrogen-bond donors (Lipinski definition) is 7. The number of aliphatic carboxylic acids is 2. The quantitative estimate of drug-likeness (QED) is 0.108. The Bertz CT molecular complexity index is 1700. The Morgan fingerprint density at radius 3 is 2.27 bits per heavy atom. The normalized spacial score (nSPS) is 28.3. The Kier molecular flexibility index (Phi) is 8.30. The summed E-state index contributed by atoms with van der Waals surface area (Å²) in [5, 5.41) is 37.3. The molecule has 11 heteroatoms. The molecule has 2 fully saturated rings. The molecule has 1 unspecified atom stereocenters. The number of fused-ring (bicyclic) bond motifs is 1. The van der Waals surface area contributed by atoms with Gasteiger partial charge in [0.1, 0.15) is 0 Å². The number of aromatic nitrogens is 2. The zero-order valence-corrected chi connectivity index (χ0v) is 26.8. The lowest BCUT2D eigenvalue weighted by atomic mass is 9.86. The van der Waals surface area contributed by atoms with Crippen molar-refractivity contribution in [2.24, 2.45) is 11.8 Å². The third kappa shape index (κ3) is 5.25. The molecule has 0 bridgehead atoms. The van der Waals surface area contributed by atoms with Crippen LogP contribution < -0.4 is 21.3 Å². The van der Waals surface area contributed by atoms with Crippen LogP contribution in [0.15, 0.2) is 24.1 Å². The molecule has 3 aliphatic rings. The minimum absolute atomic E-state index is 0.0172. The number of aliphatic hydroxyl groups excluding tert-OH is 1. The lowest BCUT2D eigenvalue weighted by Gasteiger charge is -2.12. The van der Waals surface area contributed by atoms with E-state index in [2.05, 4.69) is 34.1 Å². The van der Waals surface area contributed by atoms with Crippen LogP contribution in [0.3, 0.4) is 0 Å². The largest absolute Gasteiger partial charge is 0.495 e. The number of carboxylic acid groups (broad SMARTS) is 2. The number of carboxylic acids is 2. The van der Waals surface area contributed by atoms with Gasteiger partial charge in [0.05, 0.1) is 18.4 Å². The van der Waals surface area contributed by atoms with Gasteiger partial charge in [0.15, 0.2) is 5.88 Å². The monoisotopic (exact) mass is 623 g/mol. The number of rotatable bonds is 12. The molecule has 0 aromatic carbocycles. The minimum atomic E-state index is -0.895. The molecule has 2 aromatic rings. The predicted molar refractivity (Wildman–Crippen MR) is 172 cm³/mol. The van der Waals surface area contributed by atoms with Crippen LogP contribution >= 0.6 is 0 Å². The number of carbonyl (C=O) groups is 3. The maximum Gasteiger partial charge on any atom is 0.303 e. The van der Waals surface area contributed by atoms with Crippen molar-refractivity contribution in [3.05, 3.63) is 68.5 Å². The van der Waals surface area contributed by atoms with Gasteiger partial charge >= 0.3 is 11.9 Å². The summed E-state index contributed by atoms with van der Waals surface area (Å²) in [7, 11) is 0. The van der Waals surface area contributed by atoms with Gasteiger partial charge < -0.3 is 35.9 Å². The Morgan fingerprint density at radius 2 is 1.68 bits per heavy atom. The molecule has 0 radical (unpaired) electrons. The first-order valence-corrected chi connectivity index (χ1v) is 16.1. The molecular formula is C33H43N4O6S+. The van der Waals surface area contributed by atoms with Gasteiger partial charge in [-0.05, 0) is 68.0 Å². The van der Waals surface area contributed by atoms with Gasteiger partial charge in [0.2, 0.25) is 10.7 Å². The second-order valence-electron chi connectivity index (χ2n) is 12.4. The molecule has 5 rings (SSSR count). The summed E-state index contributed by atoms with van der Waals surface area (Å²) in [4.78, 5) is 42.5. The summed E-state index contributed by atoms with van der Waals surface area (Å²) in [6.07, 6.45) is 7.69. The first kappa shape index (κ1) is 31.6. The number of carbonyl (C=O) groups excluding carboxylic acids is 1. The molecule has 2 aromatic heterocycles. The zero-order chi connectivity index (χ0) is 32.1. The van der Waals surface area contributed by atoms with Crippen LogP contribution in [0.1, 0.15) is 73.7 Å². The first-order chi connectivity index (χ1) is 20.8. The Hall–Kier alpha value is -3.86. The molecule has 1 amide bonds. The third-order valence-corrected chi connectivity index (χ3v) is 12.4. The van der Waals surface area contributed by atoms with Crippen molar-refractivity contribution in [1.29, 1.82) is 0 Å². The molecule has 0 spiro atoms. The Labute approximate surface area is 260 Å². The molecule has 236 valence electrons. The predicted octanol–water partition coefficient (Wildman–Crippen LogP) is 2.15. The topological polar surface area (TPSA) is 168 Å². The van der Waals surface area contributed by atoms with E-state index in [0.29, 0.717) is 19.3 Å². The van der Waals surface area contributed by atoms with Crippen molar-refractivity contribution in [3.8, 4) is 0 Å². The molecule has 44 heavy (non-hydrogen) atoms. The first-order valence-electron chi connectivity index (χ1n) is 15.2. The molecule has 3 aliphatic heterocycles. The maximum absolute atomic E-state index is 12.7. The minimum Gasteiger partial charge on any atom is -0.495 e. The summed E-state index contributed by atoms with van der Waals surface area (Å²) in [5.41, 5.74) is 6.14. The van der Waals surface area contributed by atoms with Crippen LogP contribution in [0.4, 0.5) is 0 Å². The van der Waals surface area contributed by atoms with Crippen LogP contribution in [0.5, 0.6) is 0 Å². The van der Waals surface area contributed by atoms with Gasteiger partial charge in [-0.1, -0.05) is 26.5 Å². The SMILES string of the molecule is C=CC1=C(O)N[C@H](/C=c2/[nH]/c(=C/c3[nH]c(C[C@@]45NC(=O)[C@H](C)[C@]4(CC)[SH+]5)c(C)c3CCC(=O)O)c(CCC(=O)O)c2C)C1C. The van der Waals surface area contributed by atoms with Gasteiger partial charge in [-0.3, -0.25) is 14.4 Å². The van der Waals surface area contributed by atoms with E-state index in [9.17, 15) is 29.7 Å². The Balaban J connectivity index is 1.59. The number of thiol groups is 1. The summed E-state index contributed by atoms with van der Waals surface area (Å²) in [6, 6.07) is -0.189. The summed E-state index contributed by atoms with van der Waals surface area (Å²) in [5.74, 6) is -1.68. The lowest BCUT2D eigenvalue weighted by Crippen LogP contribution is -2.36. The van der Waals surface area contributed by atoms with E-state index in [1.165, 1.54) is 11.8 Å². The number of aliphatic hydroxyl groups is 1. The lowest BCUT2D eigenvalue weighted by molar-refractivity contribution is -0.138. The number of amides is 1. The molecule has 5 atom stereocenters. The van der Waals surface area contributed by atoms with E-state index in [1.807, 2.05) is 39.8 Å². The fourth-order valence-electron chi connectivity index (χ4n) is 7.26. The molecule has 2 saturated heterocycles. The van der Waals surface area contributed by atoms with Gasteiger partial charge in [-0.2, -0.15) is 0 Å². The second-order valence-corrected chi connectivity index (χ2v) is 14.2. The number of hydrogen-bond acceptors (Lipinski definition) is 5. The highest BCUT2D eigenvalue weighted by Crippen LogP contribution is 2.60.